The Kier molecular flexibility index (Phi) is 4.41. The van der Waals surface area contributed by atoms with E-state index in [1.54, 1.807) is 0 Å². The Balaban J connectivity index is 2.01. The Morgan fingerprint density at radius 3 is 2.40 bits per heavy atom. The van der Waals surface area contributed by atoms with Crippen LogP contribution in [0.3, 0.4) is 0 Å². The highest BCUT2D eigenvalue weighted by Gasteiger charge is 2.17. The summed E-state index contributed by atoms with van der Waals surface area (Å²) in [6.07, 6.45) is 0. The van der Waals surface area contributed by atoms with Crippen molar-refractivity contribution >= 4 is 42.2 Å². The summed E-state index contributed by atoms with van der Waals surface area (Å²) < 4.78 is 0. The minimum Gasteiger partial charge on any atom is -0.345 e. The van der Waals surface area contributed by atoms with Gasteiger partial charge in [0.15, 0.2) is 0 Å². The first kappa shape index (κ1) is 9.13. The van der Waals surface area contributed by atoms with Gasteiger partial charge in [-0.3, -0.25) is 0 Å². The van der Waals surface area contributed by atoms with Crippen molar-refractivity contribution in [2.45, 2.75) is 13.8 Å². The van der Waals surface area contributed by atoms with E-state index in [4.69, 9.17) is 0 Å². The van der Waals surface area contributed by atoms with Crippen molar-refractivity contribution in [1.82, 2.24) is 4.98 Å². The lowest BCUT2D eigenvalue weighted by Crippen LogP contribution is -2.44. The van der Waals surface area contributed by atoms with Crippen molar-refractivity contribution in [3.8, 4) is 0 Å². The molecule has 0 amide bonds. The summed E-state index contributed by atoms with van der Waals surface area (Å²) in [5.74, 6) is 0.916. The molecule has 0 unspecified atom stereocenters. The molecule has 6 heteroatoms. The van der Waals surface area contributed by atoms with Crippen molar-refractivity contribution in [1.29, 1.82) is 0 Å². The van der Waals surface area contributed by atoms with Crippen LogP contribution in [0.5, 0.6) is 0 Å². The van der Waals surface area contributed by atoms with E-state index >= 15 is 0 Å². The highest BCUT2D eigenvalue weighted by atomic mass is 30.1. The molecule has 0 aromatic carbocycles. The molecule has 60 valence electrons. The second-order valence-corrected chi connectivity index (χ2v) is 48.4. The molecule has 1 nitrogen and oxygen atoms in total. The van der Waals surface area contributed by atoms with Gasteiger partial charge in [0.05, 0.1) is 7.99 Å². The minimum absolute atomic E-state index is 0.0141. The van der Waals surface area contributed by atoms with E-state index in [1.807, 2.05) is 0 Å². The number of rotatable bonds is 3. The topological polar surface area (TPSA) is 12.0 Å². The van der Waals surface area contributed by atoms with E-state index in [1.165, 1.54) is 6.54 Å². The molecular weight excluding hydrogens is 202 g/mol. The van der Waals surface area contributed by atoms with E-state index in [2.05, 4.69) is 18.8 Å². The smallest absolute Gasteiger partial charge is 0.0704 e. The molecule has 1 rings (SSSR count). The highest BCUT2D eigenvalue weighted by molar-refractivity contribution is 7.80. The summed E-state index contributed by atoms with van der Waals surface area (Å²) >= 11 is 0. The molecule has 10 heavy (non-hydrogen) atoms. The molecule has 0 aromatic rings. The summed E-state index contributed by atoms with van der Waals surface area (Å²) in [6.45, 7) is 6.06. The van der Waals surface area contributed by atoms with Gasteiger partial charge in [-0.1, -0.05) is 13.8 Å². The Bertz CT molecular complexity index is 91.6. The fraction of sp³-hybridized carbons (Fsp3) is 1.00. The van der Waals surface area contributed by atoms with Crippen molar-refractivity contribution in [2.24, 2.45) is 5.92 Å². The highest BCUT2D eigenvalue weighted by Crippen LogP contribution is 1.88. The van der Waals surface area contributed by atoms with Gasteiger partial charge in [0.25, 0.3) is 0 Å². The number of hydrogen-bond acceptors (Lipinski definition) is 1. The average molecular weight is 222 g/mol. The Hall–Kier alpha value is 1.04. The van der Waals surface area contributed by atoms with Crippen molar-refractivity contribution in [3.63, 3.8) is 0 Å². The van der Waals surface area contributed by atoms with Crippen LogP contribution in [-0.2, 0) is 0 Å². The molecule has 0 aromatic heterocycles. The molecule has 0 aliphatic carbocycles. The number of nitrogens with one attached hydrogen (secondary N) is 1. The molecule has 1 aliphatic rings. The largest absolute Gasteiger partial charge is 0.345 e. The second kappa shape index (κ2) is 4.83. The molecule has 1 saturated heterocycles. The van der Waals surface area contributed by atoms with E-state index in [9.17, 15) is 0 Å². The summed E-state index contributed by atoms with van der Waals surface area (Å²) in [5, 5.41) is 0. The first-order valence-corrected chi connectivity index (χ1v) is 23.6. The monoisotopic (exact) mass is 221 g/mol. The van der Waals surface area contributed by atoms with Gasteiger partial charge >= 0.3 is 0 Å². The average Bonchev–Trinajstić information content (AvgIpc) is 2.34. The van der Waals surface area contributed by atoms with Crippen LogP contribution in [0, 0.1) is 5.92 Å². The van der Waals surface area contributed by atoms with E-state index < -0.39 is 0 Å². The van der Waals surface area contributed by atoms with E-state index in [0.717, 1.165) is 23.0 Å². The van der Waals surface area contributed by atoms with Gasteiger partial charge in [0.2, 0.25) is 0 Å². The maximum absolute atomic E-state index is 3.91. The lowest BCUT2D eigenvalue weighted by Gasteiger charge is -2.11. The van der Waals surface area contributed by atoms with Crippen LogP contribution in [-0.4, -0.2) is 48.8 Å². The lowest BCUT2D eigenvalue weighted by atomic mass is 10.2. The second-order valence-electron chi connectivity index (χ2n) is 3.78. The zero-order valence-corrected chi connectivity index (χ0v) is 14.0. The van der Waals surface area contributed by atoms with E-state index in [-0.39, 0.29) is 7.99 Å². The number of hydrogen-bond donors (Lipinski definition) is 1. The van der Waals surface area contributed by atoms with Crippen molar-refractivity contribution in [2.75, 3.05) is 6.54 Å². The predicted molar refractivity (Wildman–Crippen MR) is 64.2 cm³/mol. The molecule has 0 atom stereocenters. The van der Waals surface area contributed by atoms with Crippen LogP contribution in [0.15, 0.2) is 0 Å². The van der Waals surface area contributed by atoms with Gasteiger partial charge in [-0.15, -0.1) is 0 Å². The van der Waals surface area contributed by atoms with Crippen LogP contribution in [0.2, 0.25) is 0 Å². The van der Waals surface area contributed by atoms with Crippen LogP contribution < -0.4 is 4.98 Å². The Morgan fingerprint density at radius 1 is 1.30 bits per heavy atom. The van der Waals surface area contributed by atoms with Crippen molar-refractivity contribution < 1.29 is 0 Å². The molecule has 0 radical (unpaired) electrons. The first-order chi connectivity index (χ1) is 4.79. The zero-order chi connectivity index (χ0) is 7.40. The summed E-state index contributed by atoms with van der Waals surface area (Å²) in [7, 11) is 3.00. The van der Waals surface area contributed by atoms with E-state index in [0.29, 0.717) is 17.1 Å². The molecule has 1 fully saturated rings. The molecule has 0 bridgehead atoms. The standard InChI is InChI=1S/C4H19NSi5/c1-4(2)3-5-10-8-6-7-9-10/h4-5,10H,3,6-9H2,1-2H3. The van der Waals surface area contributed by atoms with Crippen LogP contribution in [0.1, 0.15) is 13.8 Å². The van der Waals surface area contributed by atoms with Crippen LogP contribution in [0.25, 0.3) is 0 Å². The van der Waals surface area contributed by atoms with Crippen LogP contribution >= 0.6 is 0 Å². The fourth-order valence-corrected chi connectivity index (χ4v) is 200. The third-order valence-electron chi connectivity index (χ3n) is 2.17. The third kappa shape index (κ3) is 3.44. The van der Waals surface area contributed by atoms with Gasteiger partial charge in [-0.25, -0.2) is 0 Å². The maximum Gasteiger partial charge on any atom is 0.0704 e. The van der Waals surface area contributed by atoms with Gasteiger partial charge in [-0.2, -0.15) is 0 Å². The quantitative estimate of drug-likeness (QED) is 0.486. The van der Waals surface area contributed by atoms with Gasteiger partial charge < -0.3 is 4.98 Å². The first-order valence-electron chi connectivity index (χ1n) is 4.52. The SMILES string of the molecule is CC(C)CN[SiH]1[SiH2][SiH2][SiH2][SiH2]1. The predicted octanol–water partition coefficient (Wildman–Crippen LogP) is -3.62. The fourth-order valence-electron chi connectivity index (χ4n) is 1.53. The van der Waals surface area contributed by atoms with Gasteiger partial charge in [0, 0.05) is 17.1 Å². The third-order valence-corrected chi connectivity index (χ3v) is 97.5. The molecule has 0 spiro atoms. The van der Waals surface area contributed by atoms with Crippen molar-refractivity contribution in [3.05, 3.63) is 0 Å². The Morgan fingerprint density at radius 2 is 1.90 bits per heavy atom. The van der Waals surface area contributed by atoms with Gasteiger partial charge in [-0.05, 0) is 29.6 Å². The molecule has 1 heterocycles. The molecule has 0 saturated carbocycles. The van der Waals surface area contributed by atoms with Crippen LogP contribution in [0.4, 0.5) is 0 Å². The summed E-state index contributed by atoms with van der Waals surface area (Å²) in [4.78, 5) is 3.91. The lowest BCUT2D eigenvalue weighted by molar-refractivity contribution is 0.633. The molecular formula is C4H19NSi5. The minimum atomic E-state index is 0.0141. The van der Waals surface area contributed by atoms with Gasteiger partial charge in [0.1, 0.15) is 0 Å². The normalized spacial score (nSPS) is 35.7. The summed E-state index contributed by atoms with van der Waals surface area (Å²) in [5.41, 5.74) is 0. The Labute approximate surface area is 73.7 Å². The molecule has 1 aliphatic heterocycles. The molecule has 1 N–H and O–H groups in total. The zero-order valence-electron chi connectivity index (χ0n) is 7.19. The summed E-state index contributed by atoms with van der Waals surface area (Å²) in [6, 6.07) is 0. The maximum atomic E-state index is 3.91.